The zero-order valence-electron chi connectivity index (χ0n) is 8.24. The van der Waals surface area contributed by atoms with Crippen molar-refractivity contribution < 1.29 is 4.74 Å². The minimum Gasteiger partial charge on any atom is -0.488 e. The first-order chi connectivity index (χ1) is 7.31. The molecule has 0 aliphatic rings. The number of nitrogens with zero attached hydrogens (tertiary/aromatic N) is 1. The number of ether oxygens (including phenoxy) is 1. The van der Waals surface area contributed by atoms with E-state index in [0.717, 1.165) is 21.0 Å². The van der Waals surface area contributed by atoms with Gasteiger partial charge in [0.15, 0.2) is 0 Å². The van der Waals surface area contributed by atoms with E-state index in [-0.39, 0.29) is 0 Å². The summed E-state index contributed by atoms with van der Waals surface area (Å²) in [4.78, 5) is 4.40. The summed E-state index contributed by atoms with van der Waals surface area (Å²) in [7, 11) is 0. The van der Waals surface area contributed by atoms with E-state index in [0.29, 0.717) is 6.61 Å². The fourth-order valence-electron chi connectivity index (χ4n) is 1.32. The molecule has 0 aliphatic carbocycles. The maximum absolute atomic E-state index is 5.57. The monoisotopic (exact) mass is 239 g/mol. The molecule has 0 spiro atoms. The molecule has 15 heavy (non-hydrogen) atoms. The van der Waals surface area contributed by atoms with E-state index in [1.807, 2.05) is 25.1 Å². The number of benzene rings is 1. The van der Waals surface area contributed by atoms with Gasteiger partial charge in [-0.15, -0.1) is 11.3 Å². The normalized spacial score (nSPS) is 11.3. The molecule has 0 saturated carbocycles. The second-order valence-electron chi connectivity index (χ2n) is 3.01. The number of rotatable bonds is 3. The smallest absolute Gasteiger partial charge is 0.139 e. The quantitative estimate of drug-likeness (QED) is 0.814. The van der Waals surface area contributed by atoms with Crippen LogP contribution in [-0.2, 0) is 0 Å². The molecule has 1 aromatic heterocycles. The molecule has 0 bridgehead atoms. The Morgan fingerprint density at radius 1 is 1.53 bits per heavy atom. The molecule has 0 fully saturated rings. The summed E-state index contributed by atoms with van der Waals surface area (Å²) < 4.78 is 6.67. The summed E-state index contributed by atoms with van der Waals surface area (Å²) in [5.74, 6) is 0.868. The van der Waals surface area contributed by atoms with Crippen LogP contribution in [0.3, 0.4) is 0 Å². The predicted octanol–water partition coefficient (Wildman–Crippen LogP) is 3.74. The van der Waals surface area contributed by atoms with Crippen molar-refractivity contribution in [1.29, 1.82) is 0 Å². The maximum atomic E-state index is 5.57. The fourth-order valence-corrected chi connectivity index (χ4v) is 2.28. The molecule has 0 aliphatic heterocycles. The SMILES string of the molecule is Cc1nc2cccc(OC/C=C/Cl)c2s1. The van der Waals surface area contributed by atoms with Gasteiger partial charge in [-0.2, -0.15) is 0 Å². The van der Waals surface area contributed by atoms with Crippen LogP contribution in [0.15, 0.2) is 29.8 Å². The molecular weight excluding hydrogens is 230 g/mol. The number of aromatic nitrogens is 1. The van der Waals surface area contributed by atoms with Crippen LogP contribution >= 0.6 is 22.9 Å². The molecule has 0 atom stereocenters. The van der Waals surface area contributed by atoms with Gasteiger partial charge in [-0.3, -0.25) is 0 Å². The molecule has 2 rings (SSSR count). The van der Waals surface area contributed by atoms with Crippen molar-refractivity contribution in [2.24, 2.45) is 0 Å². The number of halogens is 1. The van der Waals surface area contributed by atoms with Crippen LogP contribution in [0.2, 0.25) is 0 Å². The molecule has 0 radical (unpaired) electrons. The summed E-state index contributed by atoms with van der Waals surface area (Å²) >= 11 is 7.06. The van der Waals surface area contributed by atoms with Crippen molar-refractivity contribution in [2.45, 2.75) is 6.92 Å². The lowest BCUT2D eigenvalue weighted by Crippen LogP contribution is -1.92. The van der Waals surface area contributed by atoms with Gasteiger partial charge in [-0.05, 0) is 25.1 Å². The predicted molar refractivity (Wildman–Crippen MR) is 64.8 cm³/mol. The van der Waals surface area contributed by atoms with Crippen LogP contribution in [0.25, 0.3) is 10.2 Å². The Kier molecular flexibility index (Phi) is 3.23. The molecule has 1 aromatic carbocycles. The van der Waals surface area contributed by atoms with E-state index in [4.69, 9.17) is 16.3 Å². The Morgan fingerprint density at radius 3 is 3.20 bits per heavy atom. The van der Waals surface area contributed by atoms with E-state index < -0.39 is 0 Å². The average Bonchev–Trinajstić information content (AvgIpc) is 2.59. The van der Waals surface area contributed by atoms with Gasteiger partial charge >= 0.3 is 0 Å². The maximum Gasteiger partial charge on any atom is 0.139 e. The molecule has 0 N–H and O–H groups in total. The molecule has 0 amide bonds. The highest BCUT2D eigenvalue weighted by molar-refractivity contribution is 7.18. The lowest BCUT2D eigenvalue weighted by atomic mass is 10.3. The number of hydrogen-bond acceptors (Lipinski definition) is 3. The third kappa shape index (κ3) is 2.30. The van der Waals surface area contributed by atoms with Gasteiger partial charge in [-0.1, -0.05) is 17.7 Å². The molecule has 1 heterocycles. The highest BCUT2D eigenvalue weighted by Crippen LogP contribution is 2.30. The lowest BCUT2D eigenvalue weighted by Gasteiger charge is -2.02. The molecule has 0 saturated heterocycles. The van der Waals surface area contributed by atoms with Gasteiger partial charge in [-0.25, -0.2) is 4.98 Å². The summed E-state index contributed by atoms with van der Waals surface area (Å²) in [5.41, 5.74) is 2.45. The van der Waals surface area contributed by atoms with Crippen molar-refractivity contribution in [3.63, 3.8) is 0 Å². The highest BCUT2D eigenvalue weighted by Gasteiger charge is 2.05. The van der Waals surface area contributed by atoms with Gasteiger partial charge in [0.05, 0.1) is 15.2 Å². The number of fused-ring (bicyclic) bond motifs is 1. The lowest BCUT2D eigenvalue weighted by molar-refractivity contribution is 0.368. The van der Waals surface area contributed by atoms with Crippen molar-refractivity contribution in [3.05, 3.63) is 34.8 Å². The van der Waals surface area contributed by atoms with Crippen LogP contribution in [-0.4, -0.2) is 11.6 Å². The van der Waals surface area contributed by atoms with Crippen molar-refractivity contribution in [1.82, 2.24) is 4.98 Å². The number of aryl methyl sites for hydroxylation is 1. The number of thiazole rings is 1. The Labute approximate surface area is 97.2 Å². The van der Waals surface area contributed by atoms with Gasteiger partial charge in [0.1, 0.15) is 12.4 Å². The zero-order valence-corrected chi connectivity index (χ0v) is 9.81. The van der Waals surface area contributed by atoms with Gasteiger partial charge in [0.2, 0.25) is 0 Å². The van der Waals surface area contributed by atoms with Crippen molar-refractivity contribution in [3.8, 4) is 5.75 Å². The minimum absolute atomic E-state index is 0.486. The van der Waals surface area contributed by atoms with E-state index in [1.165, 1.54) is 5.54 Å². The fraction of sp³-hybridized carbons (Fsp3) is 0.182. The standard InChI is InChI=1S/C11H10ClNOS/c1-8-13-9-4-2-5-10(11(9)15-8)14-7-3-6-12/h2-6H,7H2,1H3/b6-3+. The summed E-state index contributed by atoms with van der Waals surface area (Å²) in [5, 5.41) is 1.05. The first-order valence-corrected chi connectivity index (χ1v) is 5.81. The second kappa shape index (κ2) is 4.64. The Balaban J connectivity index is 2.33. The first-order valence-electron chi connectivity index (χ1n) is 4.55. The van der Waals surface area contributed by atoms with Gasteiger partial charge in [0.25, 0.3) is 0 Å². The Morgan fingerprint density at radius 2 is 2.40 bits per heavy atom. The molecule has 4 heteroatoms. The summed E-state index contributed by atoms with van der Waals surface area (Å²) in [6, 6.07) is 5.88. The van der Waals surface area contributed by atoms with E-state index >= 15 is 0 Å². The number of hydrogen-bond donors (Lipinski definition) is 0. The van der Waals surface area contributed by atoms with Crippen molar-refractivity contribution in [2.75, 3.05) is 6.61 Å². The van der Waals surface area contributed by atoms with Crippen LogP contribution in [0.1, 0.15) is 5.01 Å². The molecule has 2 aromatic rings. The van der Waals surface area contributed by atoms with E-state index in [9.17, 15) is 0 Å². The first kappa shape index (κ1) is 10.5. The van der Waals surface area contributed by atoms with E-state index in [2.05, 4.69) is 4.98 Å². The van der Waals surface area contributed by atoms with E-state index in [1.54, 1.807) is 17.4 Å². The Hall–Kier alpha value is -1.06. The third-order valence-electron chi connectivity index (χ3n) is 1.91. The third-order valence-corrected chi connectivity index (χ3v) is 3.09. The second-order valence-corrected chi connectivity index (χ2v) is 4.47. The molecule has 78 valence electrons. The van der Waals surface area contributed by atoms with Crippen LogP contribution in [0.4, 0.5) is 0 Å². The molecule has 2 nitrogen and oxygen atoms in total. The van der Waals surface area contributed by atoms with Crippen LogP contribution < -0.4 is 4.74 Å². The van der Waals surface area contributed by atoms with Crippen LogP contribution in [0.5, 0.6) is 5.75 Å². The van der Waals surface area contributed by atoms with Crippen LogP contribution in [0, 0.1) is 6.92 Å². The van der Waals surface area contributed by atoms with Gasteiger partial charge < -0.3 is 4.74 Å². The van der Waals surface area contributed by atoms with Crippen molar-refractivity contribution >= 4 is 33.2 Å². The molecule has 0 unspecified atom stereocenters. The Bertz CT molecular complexity index is 492. The summed E-state index contributed by atoms with van der Waals surface area (Å²) in [6.07, 6.45) is 1.76. The largest absolute Gasteiger partial charge is 0.488 e. The minimum atomic E-state index is 0.486. The molecular formula is C11H10ClNOS. The topological polar surface area (TPSA) is 22.1 Å². The van der Waals surface area contributed by atoms with Gasteiger partial charge in [0, 0.05) is 5.54 Å². The summed E-state index contributed by atoms with van der Waals surface area (Å²) in [6.45, 7) is 2.48. The highest BCUT2D eigenvalue weighted by atomic mass is 35.5. The zero-order chi connectivity index (χ0) is 10.7. The average molecular weight is 240 g/mol.